The highest BCUT2D eigenvalue weighted by atomic mass is 35.5. The molecule has 2 heterocycles. The Morgan fingerprint density at radius 1 is 0.972 bits per heavy atom. The Bertz CT molecular complexity index is 1660. The molecule has 5 rings (SSSR count). The average Bonchev–Trinajstić information content (AvgIpc) is 3.22. The first kappa shape index (κ1) is 24.3. The number of esters is 1. The Hall–Kier alpha value is -3.45. The SMILES string of the molecule is CCOC(=O)c1c(NC(=O)c2c(C)c(-c3ccc(Cl)cc3Cl)nc3ccccc23)sc2ccccc12. The minimum absolute atomic E-state index is 0.232. The summed E-state index contributed by atoms with van der Waals surface area (Å²) < 4.78 is 6.17. The van der Waals surface area contributed by atoms with Crippen molar-refractivity contribution in [2.45, 2.75) is 13.8 Å². The number of ether oxygens (including phenoxy) is 1. The largest absolute Gasteiger partial charge is 0.462 e. The van der Waals surface area contributed by atoms with Crippen LogP contribution >= 0.6 is 34.5 Å². The Labute approximate surface area is 221 Å². The fourth-order valence-electron chi connectivity index (χ4n) is 4.25. The molecule has 0 radical (unpaired) electrons. The first-order valence-corrected chi connectivity index (χ1v) is 12.8. The molecule has 0 saturated carbocycles. The van der Waals surface area contributed by atoms with Crippen molar-refractivity contribution in [3.8, 4) is 11.3 Å². The van der Waals surface area contributed by atoms with E-state index < -0.39 is 5.97 Å². The van der Waals surface area contributed by atoms with Crippen molar-refractivity contribution in [1.29, 1.82) is 0 Å². The third kappa shape index (κ3) is 4.32. The molecule has 0 saturated heterocycles. The van der Waals surface area contributed by atoms with E-state index in [9.17, 15) is 9.59 Å². The molecule has 2 aromatic heterocycles. The van der Waals surface area contributed by atoms with Crippen molar-refractivity contribution in [3.63, 3.8) is 0 Å². The number of fused-ring (bicyclic) bond motifs is 2. The van der Waals surface area contributed by atoms with Gasteiger partial charge >= 0.3 is 5.97 Å². The van der Waals surface area contributed by atoms with Crippen LogP contribution in [0.2, 0.25) is 10.0 Å². The van der Waals surface area contributed by atoms with Crippen molar-refractivity contribution in [1.82, 2.24) is 4.98 Å². The summed E-state index contributed by atoms with van der Waals surface area (Å²) >= 11 is 13.9. The Morgan fingerprint density at radius 3 is 2.44 bits per heavy atom. The van der Waals surface area contributed by atoms with Gasteiger partial charge in [0.1, 0.15) is 10.6 Å². The summed E-state index contributed by atoms with van der Waals surface area (Å²) in [5.41, 5.74) is 3.37. The number of carbonyl (C=O) groups excluding carboxylic acids is 2. The van der Waals surface area contributed by atoms with Gasteiger partial charge in [0.15, 0.2) is 0 Å². The number of thiophene rings is 1. The molecule has 1 amide bonds. The maximum absolute atomic E-state index is 13.8. The lowest BCUT2D eigenvalue weighted by Gasteiger charge is -2.15. The van der Waals surface area contributed by atoms with Gasteiger partial charge in [0.25, 0.3) is 5.91 Å². The second-order valence-electron chi connectivity index (χ2n) is 8.08. The zero-order chi connectivity index (χ0) is 25.4. The zero-order valence-electron chi connectivity index (χ0n) is 19.4. The lowest BCUT2D eigenvalue weighted by atomic mass is 9.97. The number of hydrogen-bond donors (Lipinski definition) is 1. The van der Waals surface area contributed by atoms with Crippen LogP contribution in [0.25, 0.3) is 32.2 Å². The van der Waals surface area contributed by atoms with Crippen molar-refractivity contribution < 1.29 is 14.3 Å². The number of amides is 1. The molecular formula is C28H20Cl2N2O3S. The van der Waals surface area contributed by atoms with Crippen LogP contribution in [0.1, 0.15) is 33.2 Å². The highest BCUT2D eigenvalue weighted by Gasteiger charge is 2.25. The molecule has 36 heavy (non-hydrogen) atoms. The summed E-state index contributed by atoms with van der Waals surface area (Å²) in [6.07, 6.45) is 0. The molecule has 180 valence electrons. The van der Waals surface area contributed by atoms with Crippen LogP contribution in [-0.4, -0.2) is 23.5 Å². The van der Waals surface area contributed by atoms with Crippen LogP contribution in [0, 0.1) is 6.92 Å². The number of nitrogens with one attached hydrogen (secondary N) is 1. The first-order chi connectivity index (χ1) is 17.4. The van der Waals surface area contributed by atoms with E-state index in [4.69, 9.17) is 32.9 Å². The molecule has 1 N–H and O–H groups in total. The van der Waals surface area contributed by atoms with E-state index in [2.05, 4.69) is 5.32 Å². The van der Waals surface area contributed by atoms with Gasteiger partial charge in [-0.2, -0.15) is 0 Å². The number of para-hydroxylation sites is 1. The van der Waals surface area contributed by atoms with Gasteiger partial charge in [0, 0.05) is 26.1 Å². The Kier molecular flexibility index (Phi) is 6.67. The number of halogens is 2. The molecule has 3 aromatic carbocycles. The fraction of sp³-hybridized carbons (Fsp3) is 0.107. The number of pyridine rings is 1. The van der Waals surface area contributed by atoms with Crippen LogP contribution in [0.5, 0.6) is 0 Å². The van der Waals surface area contributed by atoms with Crippen molar-refractivity contribution in [2.75, 3.05) is 11.9 Å². The minimum atomic E-state index is -0.477. The molecule has 0 fully saturated rings. The maximum Gasteiger partial charge on any atom is 0.341 e. The highest BCUT2D eigenvalue weighted by Crippen LogP contribution is 2.38. The van der Waals surface area contributed by atoms with Crippen LogP contribution in [0.4, 0.5) is 5.00 Å². The van der Waals surface area contributed by atoms with Gasteiger partial charge < -0.3 is 10.1 Å². The van der Waals surface area contributed by atoms with Gasteiger partial charge in [0.05, 0.1) is 28.4 Å². The summed E-state index contributed by atoms with van der Waals surface area (Å²) in [6.45, 7) is 3.82. The molecule has 5 nitrogen and oxygen atoms in total. The highest BCUT2D eigenvalue weighted by molar-refractivity contribution is 7.23. The summed E-state index contributed by atoms with van der Waals surface area (Å²) in [5, 5.41) is 5.81. The molecule has 0 unspecified atom stereocenters. The molecule has 0 bridgehead atoms. The monoisotopic (exact) mass is 534 g/mol. The molecule has 5 aromatic rings. The van der Waals surface area contributed by atoms with Crippen molar-refractivity contribution in [3.05, 3.63) is 93.5 Å². The first-order valence-electron chi connectivity index (χ1n) is 11.2. The topological polar surface area (TPSA) is 68.3 Å². The number of benzene rings is 3. The third-order valence-corrected chi connectivity index (χ3v) is 7.49. The van der Waals surface area contributed by atoms with E-state index >= 15 is 0 Å². The Morgan fingerprint density at radius 2 is 1.69 bits per heavy atom. The third-order valence-electron chi connectivity index (χ3n) is 5.85. The minimum Gasteiger partial charge on any atom is -0.462 e. The van der Waals surface area contributed by atoms with Gasteiger partial charge in [-0.05, 0) is 49.7 Å². The summed E-state index contributed by atoms with van der Waals surface area (Å²) in [4.78, 5) is 31.5. The van der Waals surface area contributed by atoms with Crippen LogP contribution in [0.3, 0.4) is 0 Å². The predicted molar refractivity (Wildman–Crippen MR) is 148 cm³/mol. The normalized spacial score (nSPS) is 11.1. The summed E-state index contributed by atoms with van der Waals surface area (Å²) in [7, 11) is 0. The van der Waals surface area contributed by atoms with E-state index in [0.29, 0.717) is 53.9 Å². The van der Waals surface area contributed by atoms with E-state index in [-0.39, 0.29) is 12.5 Å². The standard InChI is InChI=1S/C28H20Cl2N2O3S/c1-3-35-28(34)24-19-9-5-7-11-22(19)36-27(24)32-26(33)23-15(2)25(17-13-12-16(29)14-20(17)30)31-21-10-6-4-8-18(21)23/h4-14H,3H2,1-2H3,(H,32,33). The number of carbonyl (C=O) groups is 2. The smallest absolute Gasteiger partial charge is 0.341 e. The van der Waals surface area contributed by atoms with Gasteiger partial charge in [-0.25, -0.2) is 9.78 Å². The quantitative estimate of drug-likeness (QED) is 0.231. The van der Waals surface area contributed by atoms with Crippen LogP contribution in [-0.2, 0) is 4.74 Å². The molecule has 0 aliphatic heterocycles. The average molecular weight is 535 g/mol. The number of nitrogens with zero attached hydrogens (tertiary/aromatic N) is 1. The van der Waals surface area contributed by atoms with E-state index in [1.54, 1.807) is 25.1 Å². The number of anilines is 1. The van der Waals surface area contributed by atoms with Crippen molar-refractivity contribution >= 4 is 72.4 Å². The second kappa shape index (κ2) is 9.90. The molecule has 0 spiro atoms. The number of hydrogen-bond acceptors (Lipinski definition) is 5. The van der Waals surface area contributed by atoms with Gasteiger partial charge in [0.2, 0.25) is 0 Å². The van der Waals surface area contributed by atoms with Crippen LogP contribution in [0.15, 0.2) is 66.7 Å². The lowest BCUT2D eigenvalue weighted by Crippen LogP contribution is -2.17. The molecule has 0 aliphatic carbocycles. The molecule has 0 atom stereocenters. The summed E-state index contributed by atoms with van der Waals surface area (Å²) in [5.74, 6) is -0.829. The fourth-order valence-corrected chi connectivity index (χ4v) is 5.83. The summed E-state index contributed by atoms with van der Waals surface area (Å²) in [6, 6.07) is 20.1. The van der Waals surface area contributed by atoms with Crippen LogP contribution < -0.4 is 5.32 Å². The molecule has 0 aliphatic rings. The Balaban J connectivity index is 1.67. The zero-order valence-corrected chi connectivity index (χ0v) is 21.7. The lowest BCUT2D eigenvalue weighted by molar-refractivity contribution is 0.0530. The number of rotatable bonds is 5. The van der Waals surface area contributed by atoms with Gasteiger partial charge in [-0.15, -0.1) is 11.3 Å². The maximum atomic E-state index is 13.8. The van der Waals surface area contributed by atoms with E-state index in [1.807, 2.05) is 55.5 Å². The van der Waals surface area contributed by atoms with Gasteiger partial charge in [-0.3, -0.25) is 4.79 Å². The van der Waals surface area contributed by atoms with Gasteiger partial charge in [-0.1, -0.05) is 59.6 Å². The second-order valence-corrected chi connectivity index (χ2v) is 9.97. The molecule has 8 heteroatoms. The number of aromatic nitrogens is 1. The van der Waals surface area contributed by atoms with Crippen molar-refractivity contribution in [2.24, 2.45) is 0 Å². The van der Waals surface area contributed by atoms with E-state index in [1.165, 1.54) is 11.3 Å². The van der Waals surface area contributed by atoms with E-state index in [0.717, 1.165) is 10.1 Å². The molecular weight excluding hydrogens is 515 g/mol. The predicted octanol–water partition coefficient (Wildman–Crippen LogP) is 8.16.